The first-order chi connectivity index (χ1) is 13.7. The first kappa shape index (κ1) is 20.0. The molecule has 0 aromatic carbocycles. The maximum atomic E-state index is 13.5. The molecule has 1 fully saturated rings. The lowest BCUT2D eigenvalue weighted by molar-refractivity contribution is -0.118. The Balaban J connectivity index is 1.67. The van der Waals surface area contributed by atoms with Crippen LogP contribution in [0.2, 0.25) is 0 Å². The highest BCUT2D eigenvalue weighted by Gasteiger charge is 2.27. The summed E-state index contributed by atoms with van der Waals surface area (Å²) in [5.74, 6) is 0.343. The maximum Gasteiger partial charge on any atom is 0.263 e. The Labute approximate surface area is 174 Å². The Kier molecular flexibility index (Phi) is 6.41. The second-order valence-electron chi connectivity index (χ2n) is 7.89. The van der Waals surface area contributed by atoms with Crippen molar-refractivity contribution in [2.24, 2.45) is 0 Å². The fraction of sp³-hybridized carbons (Fsp3) is 0.667. The fourth-order valence-corrected chi connectivity index (χ4v) is 6.57. The minimum atomic E-state index is 0.0243. The van der Waals surface area contributed by atoms with Gasteiger partial charge in [-0.05, 0) is 50.5 Å². The van der Waals surface area contributed by atoms with Crippen molar-refractivity contribution in [1.29, 1.82) is 0 Å². The van der Waals surface area contributed by atoms with E-state index in [2.05, 4.69) is 12.2 Å². The number of carbonyl (C=O) groups excluding carboxylic acids is 1. The van der Waals surface area contributed by atoms with Crippen molar-refractivity contribution in [1.82, 2.24) is 14.9 Å². The van der Waals surface area contributed by atoms with Gasteiger partial charge in [-0.25, -0.2) is 4.98 Å². The van der Waals surface area contributed by atoms with Gasteiger partial charge in [0.1, 0.15) is 4.83 Å². The zero-order valence-corrected chi connectivity index (χ0v) is 18.2. The predicted octanol–water partition coefficient (Wildman–Crippen LogP) is 4.46. The standard InChI is InChI=1S/C21H29N3O2S2/c1-2-3-12-22-17(25)13-27-21-23-19-18(15-10-6-7-11-16(15)28-19)20(26)24(21)14-8-4-5-9-14/h14H,2-13H2,1H3,(H,22,25). The molecule has 0 aliphatic heterocycles. The van der Waals surface area contributed by atoms with E-state index in [0.717, 1.165) is 66.9 Å². The third-order valence-electron chi connectivity index (χ3n) is 5.86. The molecule has 0 unspecified atom stereocenters. The number of fused-ring (bicyclic) bond motifs is 3. The number of rotatable bonds is 7. The van der Waals surface area contributed by atoms with Gasteiger partial charge in [-0.15, -0.1) is 11.3 Å². The van der Waals surface area contributed by atoms with Crippen molar-refractivity contribution in [2.75, 3.05) is 12.3 Å². The number of thioether (sulfide) groups is 1. The summed E-state index contributed by atoms with van der Waals surface area (Å²) in [6.45, 7) is 2.83. The lowest BCUT2D eigenvalue weighted by Gasteiger charge is -2.18. The van der Waals surface area contributed by atoms with Gasteiger partial charge >= 0.3 is 0 Å². The van der Waals surface area contributed by atoms with Crippen molar-refractivity contribution < 1.29 is 4.79 Å². The molecule has 1 saturated carbocycles. The zero-order chi connectivity index (χ0) is 19.5. The molecule has 1 N–H and O–H groups in total. The Hall–Kier alpha value is -1.34. The molecule has 0 saturated heterocycles. The van der Waals surface area contributed by atoms with Gasteiger partial charge in [-0.3, -0.25) is 14.2 Å². The van der Waals surface area contributed by atoms with Crippen molar-refractivity contribution in [3.8, 4) is 0 Å². The summed E-state index contributed by atoms with van der Waals surface area (Å²) in [6.07, 6.45) is 10.9. The minimum Gasteiger partial charge on any atom is -0.355 e. The highest BCUT2D eigenvalue weighted by Crippen LogP contribution is 2.37. The summed E-state index contributed by atoms with van der Waals surface area (Å²) in [5, 5.41) is 4.56. The molecule has 2 aromatic rings. The topological polar surface area (TPSA) is 64.0 Å². The number of aryl methyl sites for hydroxylation is 2. The number of hydrogen-bond acceptors (Lipinski definition) is 5. The van der Waals surface area contributed by atoms with Crippen molar-refractivity contribution in [3.63, 3.8) is 0 Å². The number of carbonyl (C=O) groups is 1. The number of nitrogens with one attached hydrogen (secondary N) is 1. The molecule has 2 aliphatic carbocycles. The van der Waals surface area contributed by atoms with E-state index in [4.69, 9.17) is 4.98 Å². The van der Waals surface area contributed by atoms with Gasteiger partial charge < -0.3 is 5.32 Å². The van der Waals surface area contributed by atoms with E-state index < -0.39 is 0 Å². The number of hydrogen-bond donors (Lipinski definition) is 1. The second kappa shape index (κ2) is 8.99. The van der Waals surface area contributed by atoms with Crippen LogP contribution < -0.4 is 10.9 Å². The van der Waals surface area contributed by atoms with Gasteiger partial charge in [0.05, 0.1) is 11.1 Å². The van der Waals surface area contributed by atoms with E-state index in [1.807, 2.05) is 4.57 Å². The van der Waals surface area contributed by atoms with Gasteiger partial charge in [0.25, 0.3) is 5.56 Å². The van der Waals surface area contributed by atoms with E-state index in [-0.39, 0.29) is 17.5 Å². The van der Waals surface area contributed by atoms with Crippen molar-refractivity contribution in [3.05, 3.63) is 20.8 Å². The third-order valence-corrected chi connectivity index (χ3v) is 8.00. The molecule has 0 atom stereocenters. The van der Waals surface area contributed by atoms with Crippen LogP contribution in [0.15, 0.2) is 9.95 Å². The van der Waals surface area contributed by atoms with E-state index in [0.29, 0.717) is 5.75 Å². The van der Waals surface area contributed by atoms with Crippen LogP contribution in [0.25, 0.3) is 10.2 Å². The third kappa shape index (κ3) is 4.01. The molecular formula is C21H29N3O2S2. The SMILES string of the molecule is CCCCNC(=O)CSc1nc2sc3c(c2c(=O)n1C1CCCC1)CCCC3. The number of aromatic nitrogens is 2. The van der Waals surface area contributed by atoms with Crippen LogP contribution in [0.4, 0.5) is 0 Å². The molecule has 2 aromatic heterocycles. The summed E-state index contributed by atoms with van der Waals surface area (Å²) in [7, 11) is 0. The van der Waals surface area contributed by atoms with E-state index >= 15 is 0 Å². The number of unbranched alkanes of at least 4 members (excludes halogenated alkanes) is 1. The molecule has 1 amide bonds. The Morgan fingerprint density at radius 2 is 2.04 bits per heavy atom. The molecule has 152 valence electrons. The Morgan fingerprint density at radius 1 is 1.25 bits per heavy atom. The normalized spacial score (nSPS) is 17.2. The van der Waals surface area contributed by atoms with Gasteiger partial charge in [-0.2, -0.15) is 0 Å². The van der Waals surface area contributed by atoms with Crippen LogP contribution in [-0.4, -0.2) is 27.8 Å². The summed E-state index contributed by atoms with van der Waals surface area (Å²) in [5.41, 5.74) is 1.38. The highest BCUT2D eigenvalue weighted by molar-refractivity contribution is 7.99. The Morgan fingerprint density at radius 3 is 2.82 bits per heavy atom. The Bertz CT molecular complexity index is 912. The second-order valence-corrected chi connectivity index (χ2v) is 9.92. The molecule has 5 nitrogen and oxygen atoms in total. The van der Waals surface area contributed by atoms with E-state index in [9.17, 15) is 9.59 Å². The largest absolute Gasteiger partial charge is 0.355 e. The molecule has 7 heteroatoms. The average Bonchev–Trinajstić information content (AvgIpc) is 3.34. The molecular weight excluding hydrogens is 390 g/mol. The van der Waals surface area contributed by atoms with E-state index in [1.165, 1.54) is 41.5 Å². The van der Waals surface area contributed by atoms with E-state index in [1.54, 1.807) is 11.3 Å². The number of nitrogens with zero attached hydrogens (tertiary/aromatic N) is 2. The lowest BCUT2D eigenvalue weighted by Crippen LogP contribution is -2.29. The van der Waals surface area contributed by atoms with Gasteiger partial charge in [0.2, 0.25) is 5.91 Å². The summed E-state index contributed by atoms with van der Waals surface area (Å²) in [6, 6.07) is 0.231. The minimum absolute atomic E-state index is 0.0243. The molecule has 28 heavy (non-hydrogen) atoms. The fourth-order valence-electron chi connectivity index (χ4n) is 4.37. The first-order valence-corrected chi connectivity index (χ1v) is 12.5. The van der Waals surface area contributed by atoms with Gasteiger partial charge in [0, 0.05) is 17.5 Å². The molecule has 0 bridgehead atoms. The quantitative estimate of drug-likeness (QED) is 0.409. The molecule has 2 heterocycles. The van der Waals surface area contributed by atoms with Crippen molar-refractivity contribution >= 4 is 39.2 Å². The predicted molar refractivity (Wildman–Crippen MR) is 117 cm³/mol. The summed E-state index contributed by atoms with van der Waals surface area (Å²) < 4.78 is 1.93. The van der Waals surface area contributed by atoms with Gasteiger partial charge in [-0.1, -0.05) is 37.9 Å². The van der Waals surface area contributed by atoms with Crippen LogP contribution in [-0.2, 0) is 17.6 Å². The smallest absolute Gasteiger partial charge is 0.263 e. The zero-order valence-electron chi connectivity index (χ0n) is 16.6. The number of amides is 1. The van der Waals surface area contributed by atoms with Gasteiger partial charge in [0.15, 0.2) is 5.16 Å². The van der Waals surface area contributed by atoms with Crippen LogP contribution in [0.1, 0.15) is 74.8 Å². The molecule has 4 rings (SSSR count). The highest BCUT2D eigenvalue weighted by atomic mass is 32.2. The monoisotopic (exact) mass is 419 g/mol. The molecule has 0 radical (unpaired) electrons. The first-order valence-electron chi connectivity index (χ1n) is 10.6. The summed E-state index contributed by atoms with van der Waals surface area (Å²) in [4.78, 5) is 32.9. The molecule has 2 aliphatic rings. The summed E-state index contributed by atoms with van der Waals surface area (Å²) >= 11 is 3.11. The lowest BCUT2D eigenvalue weighted by atomic mass is 9.97. The average molecular weight is 420 g/mol. The maximum absolute atomic E-state index is 13.5. The molecule has 0 spiro atoms. The number of thiophene rings is 1. The van der Waals surface area contributed by atoms with Crippen molar-refractivity contribution in [2.45, 2.75) is 82.3 Å². The van der Waals surface area contributed by atoms with Crippen LogP contribution in [0.3, 0.4) is 0 Å². The van der Waals surface area contributed by atoms with Crippen LogP contribution in [0, 0.1) is 0 Å². The van der Waals surface area contributed by atoms with Crippen LogP contribution >= 0.6 is 23.1 Å². The van der Waals surface area contributed by atoms with Crippen LogP contribution in [0.5, 0.6) is 0 Å².